The number of sulfonamides is 1. The van der Waals surface area contributed by atoms with E-state index >= 15 is 0 Å². The van der Waals surface area contributed by atoms with Crippen LogP contribution in [0.25, 0.3) is 0 Å². The average molecular weight is 300 g/mol. The quantitative estimate of drug-likeness (QED) is 0.867. The lowest BCUT2D eigenvalue weighted by Gasteiger charge is -2.36. The first kappa shape index (κ1) is 15.5. The number of nitrogens with zero attached hydrogens (tertiary/aromatic N) is 2. The van der Waals surface area contributed by atoms with Gasteiger partial charge in [0.1, 0.15) is 4.90 Å². The molecule has 6 nitrogen and oxygen atoms in total. The van der Waals surface area contributed by atoms with E-state index in [2.05, 4.69) is 9.82 Å². The molecule has 1 heterocycles. The standard InChI is InChI=1S/C13H24N4O2S/c1-10-12(11(2)17(3)15-10)20(18,19)16-13(9-14)7-5-4-6-8-13/h16H,4-9,14H2,1-3H3. The largest absolute Gasteiger partial charge is 0.329 e. The Bertz CT molecular complexity index is 586. The predicted octanol–water partition coefficient (Wildman–Crippen LogP) is 0.977. The summed E-state index contributed by atoms with van der Waals surface area (Å²) >= 11 is 0. The van der Waals surface area contributed by atoms with E-state index < -0.39 is 15.6 Å². The molecule has 1 aliphatic rings. The maximum atomic E-state index is 12.7. The molecule has 3 N–H and O–H groups in total. The Morgan fingerprint density at radius 3 is 2.35 bits per heavy atom. The second-order valence-electron chi connectivity index (χ2n) is 5.77. The van der Waals surface area contributed by atoms with E-state index in [9.17, 15) is 8.42 Å². The van der Waals surface area contributed by atoms with Gasteiger partial charge in [0, 0.05) is 19.1 Å². The van der Waals surface area contributed by atoms with Gasteiger partial charge in [0.15, 0.2) is 0 Å². The minimum atomic E-state index is -3.58. The highest BCUT2D eigenvalue weighted by molar-refractivity contribution is 7.89. The van der Waals surface area contributed by atoms with Crippen LogP contribution in [0.15, 0.2) is 4.90 Å². The van der Waals surface area contributed by atoms with Crippen LogP contribution in [0.2, 0.25) is 0 Å². The molecule has 0 bridgehead atoms. The van der Waals surface area contributed by atoms with Crippen molar-refractivity contribution in [2.75, 3.05) is 6.54 Å². The summed E-state index contributed by atoms with van der Waals surface area (Å²) in [7, 11) is -1.83. The van der Waals surface area contributed by atoms with E-state index in [1.807, 2.05) is 0 Å². The number of rotatable bonds is 4. The van der Waals surface area contributed by atoms with Gasteiger partial charge in [-0.2, -0.15) is 5.10 Å². The Morgan fingerprint density at radius 2 is 1.90 bits per heavy atom. The van der Waals surface area contributed by atoms with Crippen molar-refractivity contribution in [1.82, 2.24) is 14.5 Å². The molecule has 1 aromatic heterocycles. The number of nitrogens with two attached hydrogens (primary N) is 1. The number of hydrogen-bond acceptors (Lipinski definition) is 4. The molecule has 1 aliphatic carbocycles. The van der Waals surface area contributed by atoms with Crippen LogP contribution in [-0.2, 0) is 17.1 Å². The smallest absolute Gasteiger partial charge is 0.244 e. The first-order valence-corrected chi connectivity index (χ1v) is 8.54. The van der Waals surface area contributed by atoms with E-state index in [4.69, 9.17) is 5.73 Å². The van der Waals surface area contributed by atoms with Crippen LogP contribution in [0, 0.1) is 13.8 Å². The summed E-state index contributed by atoms with van der Waals surface area (Å²) < 4.78 is 29.9. The Balaban J connectivity index is 2.35. The van der Waals surface area contributed by atoms with Crippen LogP contribution in [-0.4, -0.2) is 30.3 Å². The maximum Gasteiger partial charge on any atom is 0.244 e. The predicted molar refractivity (Wildman–Crippen MR) is 77.9 cm³/mol. The van der Waals surface area contributed by atoms with Gasteiger partial charge in [-0.25, -0.2) is 13.1 Å². The van der Waals surface area contributed by atoms with E-state index in [1.165, 1.54) is 0 Å². The van der Waals surface area contributed by atoms with Gasteiger partial charge in [-0.05, 0) is 26.7 Å². The van der Waals surface area contributed by atoms with Crippen LogP contribution < -0.4 is 10.5 Å². The van der Waals surface area contributed by atoms with Gasteiger partial charge >= 0.3 is 0 Å². The Hall–Kier alpha value is -0.920. The minimum Gasteiger partial charge on any atom is -0.329 e. The van der Waals surface area contributed by atoms with Crippen molar-refractivity contribution in [2.45, 2.75) is 56.4 Å². The third-order valence-corrected chi connectivity index (χ3v) is 6.09. The van der Waals surface area contributed by atoms with Crippen molar-refractivity contribution < 1.29 is 8.42 Å². The molecule has 0 spiro atoms. The van der Waals surface area contributed by atoms with Crippen molar-refractivity contribution in [1.29, 1.82) is 0 Å². The molecule has 1 fully saturated rings. The molecule has 0 unspecified atom stereocenters. The zero-order valence-corrected chi connectivity index (χ0v) is 13.3. The van der Waals surface area contributed by atoms with E-state index in [0.717, 1.165) is 32.1 Å². The summed E-state index contributed by atoms with van der Waals surface area (Å²) in [6.07, 6.45) is 4.80. The molecule has 0 aromatic carbocycles. The lowest BCUT2D eigenvalue weighted by molar-refractivity contribution is 0.276. The fraction of sp³-hybridized carbons (Fsp3) is 0.769. The SMILES string of the molecule is Cc1nn(C)c(C)c1S(=O)(=O)NC1(CN)CCCCC1. The normalized spacial score (nSPS) is 19.2. The molecule has 2 rings (SSSR count). The number of hydrogen-bond donors (Lipinski definition) is 2. The topological polar surface area (TPSA) is 90.0 Å². The monoisotopic (exact) mass is 300 g/mol. The van der Waals surface area contributed by atoms with Gasteiger partial charge in [0.25, 0.3) is 0 Å². The van der Waals surface area contributed by atoms with Crippen LogP contribution >= 0.6 is 0 Å². The highest BCUT2D eigenvalue weighted by Crippen LogP contribution is 2.30. The van der Waals surface area contributed by atoms with Crippen molar-refractivity contribution >= 4 is 10.0 Å². The zero-order valence-electron chi connectivity index (χ0n) is 12.4. The molecule has 1 aromatic rings. The van der Waals surface area contributed by atoms with Gasteiger partial charge in [-0.1, -0.05) is 19.3 Å². The van der Waals surface area contributed by atoms with Gasteiger partial charge in [-0.15, -0.1) is 0 Å². The molecule has 0 atom stereocenters. The van der Waals surface area contributed by atoms with Gasteiger partial charge in [-0.3, -0.25) is 4.68 Å². The summed E-state index contributed by atoms with van der Waals surface area (Å²) in [6.45, 7) is 3.83. The number of aromatic nitrogens is 2. The maximum absolute atomic E-state index is 12.7. The van der Waals surface area contributed by atoms with Crippen molar-refractivity contribution in [3.63, 3.8) is 0 Å². The van der Waals surface area contributed by atoms with Crippen LogP contribution in [0.1, 0.15) is 43.5 Å². The van der Waals surface area contributed by atoms with Crippen LogP contribution in [0.4, 0.5) is 0 Å². The second-order valence-corrected chi connectivity index (χ2v) is 7.39. The summed E-state index contributed by atoms with van der Waals surface area (Å²) in [5, 5.41) is 4.18. The first-order chi connectivity index (χ1) is 9.31. The van der Waals surface area contributed by atoms with Crippen LogP contribution in [0.5, 0.6) is 0 Å². The van der Waals surface area contributed by atoms with Crippen LogP contribution in [0.3, 0.4) is 0 Å². The zero-order chi connectivity index (χ0) is 15.0. The van der Waals surface area contributed by atoms with Crippen molar-refractivity contribution in [2.24, 2.45) is 12.8 Å². The van der Waals surface area contributed by atoms with E-state index in [1.54, 1.807) is 25.6 Å². The molecular weight excluding hydrogens is 276 g/mol. The van der Waals surface area contributed by atoms with E-state index in [-0.39, 0.29) is 0 Å². The molecule has 0 radical (unpaired) electrons. The molecule has 0 amide bonds. The molecule has 0 aliphatic heterocycles. The van der Waals surface area contributed by atoms with Crippen molar-refractivity contribution in [3.8, 4) is 0 Å². The summed E-state index contributed by atoms with van der Waals surface area (Å²) in [5.74, 6) is 0. The lowest BCUT2D eigenvalue weighted by atomic mass is 9.83. The summed E-state index contributed by atoms with van der Waals surface area (Å²) in [4.78, 5) is 0.290. The summed E-state index contributed by atoms with van der Waals surface area (Å²) in [6, 6.07) is 0. The lowest BCUT2D eigenvalue weighted by Crippen LogP contribution is -2.54. The molecular formula is C13H24N4O2S. The Labute approximate surface area is 120 Å². The Morgan fingerprint density at radius 1 is 1.30 bits per heavy atom. The molecule has 1 saturated carbocycles. The summed E-state index contributed by atoms with van der Waals surface area (Å²) in [5.41, 5.74) is 6.54. The van der Waals surface area contributed by atoms with Gasteiger partial charge in [0.2, 0.25) is 10.0 Å². The van der Waals surface area contributed by atoms with Gasteiger partial charge in [0.05, 0.1) is 11.4 Å². The number of aryl methyl sites for hydroxylation is 2. The average Bonchev–Trinajstić information content (AvgIpc) is 2.64. The second kappa shape index (κ2) is 5.46. The Kier molecular flexibility index (Phi) is 4.22. The van der Waals surface area contributed by atoms with Crippen molar-refractivity contribution in [3.05, 3.63) is 11.4 Å². The highest BCUT2D eigenvalue weighted by atomic mass is 32.2. The fourth-order valence-electron chi connectivity index (χ4n) is 3.06. The number of nitrogens with one attached hydrogen (secondary N) is 1. The van der Waals surface area contributed by atoms with E-state index in [0.29, 0.717) is 22.8 Å². The molecule has 7 heteroatoms. The minimum absolute atomic E-state index is 0.290. The fourth-order valence-corrected chi connectivity index (χ4v) is 4.97. The third kappa shape index (κ3) is 2.75. The molecule has 114 valence electrons. The first-order valence-electron chi connectivity index (χ1n) is 7.05. The molecule has 20 heavy (non-hydrogen) atoms. The highest BCUT2D eigenvalue weighted by Gasteiger charge is 2.37. The van der Waals surface area contributed by atoms with Gasteiger partial charge < -0.3 is 5.73 Å². The third-order valence-electron chi connectivity index (χ3n) is 4.26. The molecule has 0 saturated heterocycles.